The highest BCUT2D eigenvalue weighted by Crippen LogP contribution is 2.26. The first-order chi connectivity index (χ1) is 14.7. The van der Waals surface area contributed by atoms with Crippen molar-refractivity contribution in [3.05, 3.63) is 59.3 Å². The average molecular weight is 442 g/mol. The molecule has 0 spiro atoms. The van der Waals surface area contributed by atoms with E-state index in [1.54, 1.807) is 13.2 Å². The van der Waals surface area contributed by atoms with E-state index in [-0.39, 0.29) is 5.92 Å². The number of amides is 3. The number of furan rings is 1. The van der Waals surface area contributed by atoms with Crippen LogP contribution in [0, 0.1) is 13.8 Å². The summed E-state index contributed by atoms with van der Waals surface area (Å²) in [7, 11) is 0. The number of nitrogens with zero attached hydrogens (tertiary/aromatic N) is 3. The third-order valence-corrected chi connectivity index (χ3v) is 5.75. The molecule has 0 bridgehead atoms. The molecule has 0 aliphatic heterocycles. The van der Waals surface area contributed by atoms with Gasteiger partial charge in [0.25, 0.3) is 0 Å². The Morgan fingerprint density at radius 3 is 2.58 bits per heavy atom. The van der Waals surface area contributed by atoms with Gasteiger partial charge in [-0.1, -0.05) is 43.3 Å². The minimum atomic E-state index is -0.565. The number of nitrogens with one attached hydrogen (secondary N) is 2. The van der Waals surface area contributed by atoms with Crippen LogP contribution in [-0.4, -0.2) is 32.0 Å². The van der Waals surface area contributed by atoms with E-state index in [0.717, 1.165) is 22.7 Å². The molecule has 3 aromatic rings. The van der Waals surface area contributed by atoms with Crippen molar-refractivity contribution < 1.29 is 14.0 Å². The van der Waals surface area contributed by atoms with Crippen LogP contribution in [0.15, 0.2) is 46.2 Å². The molecule has 0 saturated carbocycles. The van der Waals surface area contributed by atoms with Crippen molar-refractivity contribution >= 4 is 29.4 Å². The van der Waals surface area contributed by atoms with Crippen LogP contribution in [0.4, 0.5) is 10.5 Å². The molecule has 9 heteroatoms. The molecule has 1 atom stereocenters. The van der Waals surface area contributed by atoms with Crippen LogP contribution in [0.25, 0.3) is 0 Å². The Kier molecular flexibility index (Phi) is 7.17. The van der Waals surface area contributed by atoms with Crippen LogP contribution in [0.1, 0.15) is 49.4 Å². The lowest BCUT2D eigenvalue weighted by atomic mass is 10.1. The van der Waals surface area contributed by atoms with Gasteiger partial charge in [-0.15, -0.1) is 10.2 Å². The lowest BCUT2D eigenvalue weighted by Gasteiger charge is -2.14. The molecule has 1 aromatic carbocycles. The van der Waals surface area contributed by atoms with Gasteiger partial charge in [0.05, 0.1) is 18.1 Å². The monoisotopic (exact) mass is 441 g/mol. The third-order valence-electron chi connectivity index (χ3n) is 4.67. The molecule has 3 rings (SSSR count). The fourth-order valence-corrected chi connectivity index (χ4v) is 3.91. The Labute approximate surface area is 185 Å². The summed E-state index contributed by atoms with van der Waals surface area (Å²) in [6, 6.07) is 8.83. The molecule has 0 fully saturated rings. The van der Waals surface area contributed by atoms with E-state index in [1.807, 2.05) is 62.6 Å². The summed E-state index contributed by atoms with van der Waals surface area (Å²) < 4.78 is 7.40. The second-order valence-electron chi connectivity index (χ2n) is 7.68. The van der Waals surface area contributed by atoms with E-state index in [9.17, 15) is 9.59 Å². The van der Waals surface area contributed by atoms with Crippen LogP contribution in [0.5, 0.6) is 0 Å². The van der Waals surface area contributed by atoms with Crippen molar-refractivity contribution in [3.8, 4) is 0 Å². The predicted octanol–water partition coefficient (Wildman–Crippen LogP) is 4.49. The third kappa shape index (κ3) is 5.75. The predicted molar refractivity (Wildman–Crippen MR) is 120 cm³/mol. The minimum Gasteiger partial charge on any atom is -0.467 e. The molecule has 0 aliphatic carbocycles. The highest BCUT2D eigenvalue weighted by Gasteiger charge is 2.23. The van der Waals surface area contributed by atoms with Gasteiger partial charge in [-0.3, -0.25) is 14.7 Å². The summed E-state index contributed by atoms with van der Waals surface area (Å²) in [5.41, 5.74) is 2.69. The number of aryl methyl sites for hydroxylation is 2. The molecule has 1 unspecified atom stereocenters. The first-order valence-electron chi connectivity index (χ1n) is 10.1. The molecular formula is C22H27N5O3S. The summed E-state index contributed by atoms with van der Waals surface area (Å²) in [5.74, 6) is 1.32. The van der Waals surface area contributed by atoms with E-state index in [0.29, 0.717) is 17.4 Å². The van der Waals surface area contributed by atoms with Gasteiger partial charge in [-0.2, -0.15) is 0 Å². The first kappa shape index (κ1) is 22.6. The van der Waals surface area contributed by atoms with Gasteiger partial charge in [-0.25, -0.2) is 4.79 Å². The number of hydrogen-bond donors (Lipinski definition) is 2. The molecule has 2 N–H and O–H groups in total. The van der Waals surface area contributed by atoms with Crippen LogP contribution in [-0.2, 0) is 11.3 Å². The number of anilines is 1. The number of carbonyl (C=O) groups excluding carboxylic acids is 2. The maximum absolute atomic E-state index is 12.6. The Balaban J connectivity index is 1.65. The summed E-state index contributed by atoms with van der Waals surface area (Å²) in [5, 5.41) is 13.7. The van der Waals surface area contributed by atoms with Gasteiger partial charge in [0, 0.05) is 11.6 Å². The lowest BCUT2D eigenvalue weighted by molar-refractivity contribution is -0.119. The minimum absolute atomic E-state index is 0.157. The molecule has 0 radical (unpaired) electrons. The van der Waals surface area contributed by atoms with E-state index in [4.69, 9.17) is 4.42 Å². The van der Waals surface area contributed by atoms with Gasteiger partial charge < -0.3 is 9.73 Å². The maximum Gasteiger partial charge on any atom is 0.325 e. The van der Waals surface area contributed by atoms with Crippen molar-refractivity contribution in [1.29, 1.82) is 0 Å². The van der Waals surface area contributed by atoms with Crippen molar-refractivity contribution in [2.24, 2.45) is 0 Å². The van der Waals surface area contributed by atoms with Gasteiger partial charge in [0.2, 0.25) is 5.91 Å². The summed E-state index contributed by atoms with van der Waals surface area (Å²) in [6.45, 7) is 10.1. The van der Waals surface area contributed by atoms with E-state index in [2.05, 4.69) is 20.8 Å². The Morgan fingerprint density at radius 2 is 1.94 bits per heavy atom. The average Bonchev–Trinajstić information content (AvgIpc) is 3.35. The van der Waals surface area contributed by atoms with Gasteiger partial charge >= 0.3 is 6.03 Å². The van der Waals surface area contributed by atoms with Crippen molar-refractivity contribution in [3.63, 3.8) is 0 Å². The van der Waals surface area contributed by atoms with Crippen molar-refractivity contribution in [2.45, 2.75) is 57.5 Å². The number of urea groups is 1. The lowest BCUT2D eigenvalue weighted by Crippen LogP contribution is -2.39. The number of rotatable bonds is 7. The first-order valence-corrected chi connectivity index (χ1v) is 10.9. The zero-order chi connectivity index (χ0) is 22.5. The molecule has 2 aromatic heterocycles. The topological polar surface area (TPSA) is 102 Å². The molecule has 0 aliphatic rings. The number of imide groups is 1. The molecular weight excluding hydrogens is 414 g/mol. The van der Waals surface area contributed by atoms with E-state index >= 15 is 0 Å². The number of benzene rings is 1. The summed E-state index contributed by atoms with van der Waals surface area (Å²) >= 11 is 1.25. The highest BCUT2D eigenvalue weighted by molar-refractivity contribution is 8.00. The Hall–Kier alpha value is -3.07. The number of carbonyl (C=O) groups is 2. The summed E-state index contributed by atoms with van der Waals surface area (Å²) in [4.78, 5) is 24.9. The zero-order valence-electron chi connectivity index (χ0n) is 18.3. The quantitative estimate of drug-likeness (QED) is 0.524. The fourth-order valence-electron chi connectivity index (χ4n) is 3.05. The standard InChI is InChI=1S/C22H27N5O3S/c1-13(2)19-25-26-22(27(19)12-17-7-6-10-30-17)31-16(5)20(28)24-21(29)23-18-9-8-14(3)11-15(18)4/h6-11,13,16H,12H2,1-5H3,(H2,23,24,28,29). The summed E-state index contributed by atoms with van der Waals surface area (Å²) in [6.07, 6.45) is 1.62. The fraction of sp³-hybridized carbons (Fsp3) is 0.364. The number of thioether (sulfide) groups is 1. The molecule has 31 heavy (non-hydrogen) atoms. The van der Waals surface area contributed by atoms with Crippen LogP contribution in [0.3, 0.4) is 0 Å². The highest BCUT2D eigenvalue weighted by atomic mass is 32.2. The smallest absolute Gasteiger partial charge is 0.325 e. The molecule has 164 valence electrons. The van der Waals surface area contributed by atoms with E-state index < -0.39 is 17.2 Å². The van der Waals surface area contributed by atoms with E-state index in [1.165, 1.54) is 11.8 Å². The van der Waals surface area contributed by atoms with Gasteiger partial charge in [0.15, 0.2) is 5.16 Å². The molecule has 3 amide bonds. The van der Waals surface area contributed by atoms with Gasteiger partial charge in [0.1, 0.15) is 11.6 Å². The second kappa shape index (κ2) is 9.82. The molecule has 8 nitrogen and oxygen atoms in total. The van der Waals surface area contributed by atoms with Crippen LogP contribution in [0.2, 0.25) is 0 Å². The number of hydrogen-bond acceptors (Lipinski definition) is 6. The molecule has 2 heterocycles. The van der Waals surface area contributed by atoms with Crippen LogP contribution >= 0.6 is 11.8 Å². The van der Waals surface area contributed by atoms with Crippen molar-refractivity contribution in [2.75, 3.05) is 5.32 Å². The van der Waals surface area contributed by atoms with Crippen LogP contribution < -0.4 is 10.6 Å². The van der Waals surface area contributed by atoms with Crippen molar-refractivity contribution in [1.82, 2.24) is 20.1 Å². The largest absolute Gasteiger partial charge is 0.467 e. The molecule has 0 saturated heterocycles. The Morgan fingerprint density at radius 1 is 1.16 bits per heavy atom. The van der Waals surface area contributed by atoms with Gasteiger partial charge in [-0.05, 0) is 44.5 Å². The zero-order valence-corrected chi connectivity index (χ0v) is 19.1. The normalized spacial score (nSPS) is 12.1. The SMILES string of the molecule is Cc1ccc(NC(=O)NC(=O)C(C)Sc2nnc(C(C)C)n2Cc2ccco2)c(C)c1. The Bertz CT molecular complexity index is 1060. The maximum atomic E-state index is 12.6. The number of aromatic nitrogens is 3. The second-order valence-corrected chi connectivity index (χ2v) is 8.99.